The van der Waals surface area contributed by atoms with Crippen LogP contribution in [0.4, 0.5) is 11.8 Å². The molecule has 0 aliphatic rings. The number of benzene rings is 1. The average molecular weight is 378 g/mol. The molecule has 0 fully saturated rings. The summed E-state index contributed by atoms with van der Waals surface area (Å²) < 4.78 is 10.9. The number of aromatic nitrogens is 2. The number of carbonyl (C=O) groups is 1. The second kappa shape index (κ2) is 7.76. The molecule has 1 heterocycles. The third-order valence-electron chi connectivity index (χ3n) is 3.29. The minimum Gasteiger partial charge on any atom is -0.490 e. The average Bonchev–Trinajstić information content (AvgIpc) is 2.56. The number of hydrogen-bond donors (Lipinski definition) is 3. The number of rotatable bonds is 6. The highest BCUT2D eigenvalue weighted by molar-refractivity contribution is 6.32. The number of aliphatic carboxylic acids is 1. The predicted molar refractivity (Wildman–Crippen MR) is 94.9 cm³/mol. The van der Waals surface area contributed by atoms with Crippen LogP contribution < -0.4 is 20.9 Å². The summed E-state index contributed by atoms with van der Waals surface area (Å²) in [5, 5.41) is 18.4. The third-order valence-corrected chi connectivity index (χ3v) is 3.57. The Bertz CT molecular complexity index is 897. The lowest BCUT2D eigenvalue weighted by Gasteiger charge is -2.17. The number of nitrogens with two attached hydrogens (primary N) is 2. The van der Waals surface area contributed by atoms with Gasteiger partial charge in [-0.15, -0.1) is 0 Å². The number of nitrogen functional groups attached to an aromatic ring is 2. The van der Waals surface area contributed by atoms with Crippen LogP contribution >= 0.6 is 11.6 Å². The molecule has 136 valence electrons. The molecule has 9 nitrogen and oxygen atoms in total. The SMILES string of the molecule is CCOc1cc(-c2nc(N)nc(N)c2C#N)cc(Cl)c1OC(C)C(=O)O. The van der Waals surface area contributed by atoms with Crippen molar-refractivity contribution < 1.29 is 19.4 Å². The molecule has 5 N–H and O–H groups in total. The fraction of sp³-hybridized carbons (Fsp3) is 0.250. The smallest absolute Gasteiger partial charge is 0.344 e. The lowest BCUT2D eigenvalue weighted by Crippen LogP contribution is -2.23. The van der Waals surface area contributed by atoms with Crippen LogP contribution in [0.1, 0.15) is 19.4 Å². The van der Waals surface area contributed by atoms with Gasteiger partial charge in [0, 0.05) is 5.56 Å². The molecule has 1 aromatic carbocycles. The van der Waals surface area contributed by atoms with Crippen LogP contribution in [0.15, 0.2) is 12.1 Å². The van der Waals surface area contributed by atoms with Gasteiger partial charge < -0.3 is 26.0 Å². The minimum absolute atomic E-state index is 0.0327. The molecule has 0 aliphatic heterocycles. The maximum atomic E-state index is 11.0. The molecule has 1 unspecified atom stereocenters. The van der Waals surface area contributed by atoms with E-state index in [2.05, 4.69) is 9.97 Å². The number of halogens is 1. The number of nitrogens with zero attached hydrogens (tertiary/aromatic N) is 3. The number of anilines is 2. The fourth-order valence-electron chi connectivity index (χ4n) is 2.12. The Labute approximate surface area is 154 Å². The van der Waals surface area contributed by atoms with E-state index >= 15 is 0 Å². The summed E-state index contributed by atoms with van der Waals surface area (Å²) in [6, 6.07) is 4.89. The van der Waals surface area contributed by atoms with Crippen molar-refractivity contribution in [2.24, 2.45) is 0 Å². The normalized spacial score (nSPS) is 11.5. The Hall–Kier alpha value is -3.25. The van der Waals surface area contributed by atoms with Crippen LogP contribution in [0.3, 0.4) is 0 Å². The topological polar surface area (TPSA) is 157 Å². The van der Waals surface area contributed by atoms with Crippen molar-refractivity contribution in [3.8, 4) is 28.8 Å². The monoisotopic (exact) mass is 377 g/mol. The number of ether oxygens (including phenoxy) is 2. The lowest BCUT2D eigenvalue weighted by atomic mass is 10.1. The van der Waals surface area contributed by atoms with Gasteiger partial charge in [-0.05, 0) is 26.0 Å². The van der Waals surface area contributed by atoms with Crippen LogP contribution in [-0.4, -0.2) is 33.8 Å². The van der Waals surface area contributed by atoms with Gasteiger partial charge in [0.25, 0.3) is 0 Å². The summed E-state index contributed by atoms with van der Waals surface area (Å²) in [5.41, 5.74) is 12.0. The zero-order chi connectivity index (χ0) is 19.4. The first kappa shape index (κ1) is 19.1. The molecular weight excluding hydrogens is 362 g/mol. The largest absolute Gasteiger partial charge is 0.490 e. The van der Waals surface area contributed by atoms with Gasteiger partial charge in [0.2, 0.25) is 5.95 Å². The van der Waals surface area contributed by atoms with E-state index in [9.17, 15) is 10.1 Å². The molecule has 26 heavy (non-hydrogen) atoms. The first-order chi connectivity index (χ1) is 12.3. The zero-order valence-electron chi connectivity index (χ0n) is 14.0. The number of hydrogen-bond acceptors (Lipinski definition) is 8. The van der Waals surface area contributed by atoms with Gasteiger partial charge in [0.1, 0.15) is 17.5 Å². The maximum Gasteiger partial charge on any atom is 0.344 e. The quantitative estimate of drug-likeness (QED) is 0.685. The van der Waals surface area contributed by atoms with Gasteiger partial charge in [-0.3, -0.25) is 0 Å². The summed E-state index contributed by atoms with van der Waals surface area (Å²) in [6.07, 6.45) is -1.14. The van der Waals surface area contributed by atoms with Crippen molar-refractivity contribution in [3.63, 3.8) is 0 Å². The summed E-state index contributed by atoms with van der Waals surface area (Å²) in [5.74, 6) is -1.06. The van der Waals surface area contributed by atoms with Gasteiger partial charge in [-0.25, -0.2) is 9.78 Å². The van der Waals surface area contributed by atoms with Crippen molar-refractivity contribution in [2.45, 2.75) is 20.0 Å². The molecule has 2 aromatic rings. The predicted octanol–water partition coefficient (Wildman–Crippen LogP) is 2.08. The Kier molecular flexibility index (Phi) is 5.69. The summed E-state index contributed by atoms with van der Waals surface area (Å²) >= 11 is 6.26. The highest BCUT2D eigenvalue weighted by Crippen LogP contribution is 2.41. The van der Waals surface area contributed by atoms with Crippen molar-refractivity contribution in [1.29, 1.82) is 5.26 Å². The molecule has 1 atom stereocenters. The lowest BCUT2D eigenvalue weighted by molar-refractivity contribution is -0.144. The van der Waals surface area contributed by atoms with Crippen molar-refractivity contribution in [2.75, 3.05) is 18.1 Å². The Morgan fingerprint density at radius 1 is 1.42 bits per heavy atom. The van der Waals surface area contributed by atoms with Crippen LogP contribution in [0.5, 0.6) is 11.5 Å². The van der Waals surface area contributed by atoms with Gasteiger partial charge in [-0.1, -0.05) is 11.6 Å². The molecule has 2 rings (SSSR count). The zero-order valence-corrected chi connectivity index (χ0v) is 14.7. The minimum atomic E-state index is -1.16. The Morgan fingerprint density at radius 2 is 2.12 bits per heavy atom. The van der Waals surface area contributed by atoms with Gasteiger partial charge in [-0.2, -0.15) is 10.2 Å². The summed E-state index contributed by atoms with van der Waals surface area (Å²) in [7, 11) is 0. The molecule has 1 aromatic heterocycles. The van der Waals surface area contributed by atoms with E-state index in [0.717, 1.165) is 0 Å². The second-order valence-electron chi connectivity index (χ2n) is 5.12. The van der Waals surface area contributed by atoms with Gasteiger partial charge in [0.05, 0.1) is 17.3 Å². The van der Waals surface area contributed by atoms with Crippen molar-refractivity contribution in [1.82, 2.24) is 9.97 Å². The van der Waals surface area contributed by atoms with E-state index in [1.54, 1.807) is 6.92 Å². The third kappa shape index (κ3) is 3.87. The van der Waals surface area contributed by atoms with Crippen LogP contribution in [0.25, 0.3) is 11.3 Å². The second-order valence-corrected chi connectivity index (χ2v) is 5.53. The van der Waals surface area contributed by atoms with E-state index < -0.39 is 12.1 Å². The van der Waals surface area contributed by atoms with Crippen LogP contribution in [-0.2, 0) is 4.79 Å². The molecule has 0 spiro atoms. The molecule has 0 amide bonds. The Morgan fingerprint density at radius 3 is 2.69 bits per heavy atom. The van der Waals surface area contributed by atoms with Crippen LogP contribution in [0.2, 0.25) is 5.02 Å². The van der Waals surface area contributed by atoms with Crippen LogP contribution in [0, 0.1) is 11.3 Å². The molecule has 0 saturated carbocycles. The van der Waals surface area contributed by atoms with Gasteiger partial charge >= 0.3 is 5.97 Å². The molecular formula is C16H16ClN5O4. The van der Waals surface area contributed by atoms with E-state index in [-0.39, 0.29) is 46.2 Å². The molecule has 0 radical (unpaired) electrons. The van der Waals surface area contributed by atoms with Gasteiger partial charge in [0.15, 0.2) is 17.6 Å². The molecule has 0 bridgehead atoms. The summed E-state index contributed by atoms with van der Waals surface area (Å²) in [4.78, 5) is 18.8. The highest BCUT2D eigenvalue weighted by atomic mass is 35.5. The maximum absolute atomic E-state index is 11.0. The van der Waals surface area contributed by atoms with E-state index in [1.165, 1.54) is 19.1 Å². The van der Waals surface area contributed by atoms with Crippen molar-refractivity contribution >= 4 is 29.3 Å². The van der Waals surface area contributed by atoms with E-state index in [0.29, 0.717) is 5.56 Å². The van der Waals surface area contributed by atoms with Crippen molar-refractivity contribution in [3.05, 3.63) is 22.7 Å². The number of carboxylic acids is 1. The molecule has 0 saturated heterocycles. The highest BCUT2D eigenvalue weighted by Gasteiger charge is 2.22. The Balaban J connectivity index is 2.64. The number of nitriles is 1. The first-order valence-electron chi connectivity index (χ1n) is 7.47. The van der Waals surface area contributed by atoms with E-state index in [4.69, 9.17) is 37.6 Å². The molecule has 10 heteroatoms. The molecule has 0 aliphatic carbocycles. The summed E-state index contributed by atoms with van der Waals surface area (Å²) in [6.45, 7) is 3.38. The first-order valence-corrected chi connectivity index (χ1v) is 7.85. The fourth-order valence-corrected chi connectivity index (χ4v) is 2.38. The van der Waals surface area contributed by atoms with E-state index in [1.807, 2.05) is 6.07 Å². The standard InChI is InChI=1S/C16H16ClN5O4/c1-3-25-11-5-8(4-10(17)13(11)26-7(2)15(23)24)12-9(6-18)14(19)22-16(20)21-12/h4-5,7H,3H2,1-2H3,(H,23,24)(H4,19,20,21,22). The number of carboxylic acid groups (broad SMARTS) is 1.